The maximum Gasteiger partial charge on any atom is 0.229 e. The van der Waals surface area contributed by atoms with E-state index in [0.717, 1.165) is 6.54 Å². The van der Waals surface area contributed by atoms with Crippen LogP contribution in [0.1, 0.15) is 37.0 Å². The van der Waals surface area contributed by atoms with Crippen molar-refractivity contribution in [3.63, 3.8) is 0 Å². The lowest BCUT2D eigenvalue weighted by molar-refractivity contribution is -0.147. The second-order valence-electron chi connectivity index (χ2n) is 5.59. The van der Waals surface area contributed by atoms with E-state index in [9.17, 15) is 9.59 Å². The molecule has 0 radical (unpaired) electrons. The van der Waals surface area contributed by atoms with Gasteiger partial charge in [-0.2, -0.15) is 0 Å². The molecule has 1 aliphatic heterocycles. The van der Waals surface area contributed by atoms with Gasteiger partial charge in [-0.15, -0.1) is 35.3 Å². The van der Waals surface area contributed by atoms with Crippen LogP contribution < -0.4 is 10.6 Å². The number of aliphatic imine (C=N–C) groups is 1. The summed E-state index contributed by atoms with van der Waals surface area (Å²) < 4.78 is 0. The van der Waals surface area contributed by atoms with Gasteiger partial charge in [-0.05, 0) is 17.9 Å². The maximum atomic E-state index is 11.7. The van der Waals surface area contributed by atoms with E-state index in [-0.39, 0.29) is 35.8 Å². The molecule has 134 valence electrons. The van der Waals surface area contributed by atoms with Crippen LogP contribution in [0.3, 0.4) is 0 Å². The molecule has 0 bridgehead atoms. The molecular formula is C16H25IN4O2S. The molecule has 0 aromatic carbocycles. The van der Waals surface area contributed by atoms with Gasteiger partial charge in [0.15, 0.2) is 5.96 Å². The van der Waals surface area contributed by atoms with Crippen LogP contribution in [0, 0.1) is 0 Å². The minimum atomic E-state index is -0.0719. The molecule has 2 rings (SSSR count). The molecule has 24 heavy (non-hydrogen) atoms. The number of halogens is 1. The third kappa shape index (κ3) is 6.04. The topological polar surface area (TPSA) is 73.8 Å². The first-order chi connectivity index (χ1) is 11.1. The van der Waals surface area contributed by atoms with Gasteiger partial charge in [0, 0.05) is 50.3 Å². The lowest BCUT2D eigenvalue weighted by Crippen LogP contribution is -2.46. The second kappa shape index (κ2) is 10.7. The number of nitrogens with one attached hydrogen (secondary N) is 2. The van der Waals surface area contributed by atoms with E-state index >= 15 is 0 Å². The van der Waals surface area contributed by atoms with Crippen molar-refractivity contribution < 1.29 is 9.59 Å². The smallest absolute Gasteiger partial charge is 0.229 e. The molecule has 1 aromatic heterocycles. The van der Waals surface area contributed by atoms with Crippen LogP contribution in [0.4, 0.5) is 0 Å². The van der Waals surface area contributed by atoms with Crippen molar-refractivity contribution in [3.8, 4) is 0 Å². The minimum Gasteiger partial charge on any atom is -0.356 e. The van der Waals surface area contributed by atoms with Crippen molar-refractivity contribution in [2.24, 2.45) is 4.99 Å². The Labute approximate surface area is 164 Å². The van der Waals surface area contributed by atoms with Gasteiger partial charge in [-0.1, -0.05) is 13.0 Å². The molecule has 1 fully saturated rings. The van der Waals surface area contributed by atoms with Crippen molar-refractivity contribution in [1.29, 1.82) is 0 Å². The fourth-order valence-corrected chi connectivity index (χ4v) is 3.27. The number of amides is 2. The average Bonchev–Trinajstić information content (AvgIpc) is 3.07. The summed E-state index contributed by atoms with van der Waals surface area (Å²) >= 11 is 1.75. The summed E-state index contributed by atoms with van der Waals surface area (Å²) in [6, 6.07) is 4.18. The molecule has 1 unspecified atom stereocenters. The Morgan fingerprint density at radius 3 is 2.62 bits per heavy atom. The van der Waals surface area contributed by atoms with Crippen LogP contribution >= 0.6 is 35.3 Å². The van der Waals surface area contributed by atoms with E-state index < -0.39 is 0 Å². The zero-order chi connectivity index (χ0) is 16.7. The monoisotopic (exact) mass is 464 g/mol. The minimum absolute atomic E-state index is 0. The summed E-state index contributed by atoms with van der Waals surface area (Å²) in [5.41, 5.74) is 0. The van der Waals surface area contributed by atoms with Crippen LogP contribution in [-0.4, -0.2) is 49.4 Å². The average molecular weight is 464 g/mol. The van der Waals surface area contributed by atoms with Crippen LogP contribution in [0.15, 0.2) is 22.5 Å². The molecule has 2 N–H and O–H groups in total. The van der Waals surface area contributed by atoms with Crippen LogP contribution in [0.2, 0.25) is 0 Å². The van der Waals surface area contributed by atoms with E-state index in [2.05, 4.69) is 40.1 Å². The molecule has 0 saturated carbocycles. The van der Waals surface area contributed by atoms with Crippen molar-refractivity contribution >= 4 is 53.1 Å². The SMILES string of the molecule is CN=C(NCCN1C(=O)CCCC1=O)NCC(C)c1cccs1.I. The molecule has 0 aliphatic carbocycles. The first kappa shape index (κ1) is 20.9. The first-order valence-corrected chi connectivity index (χ1v) is 8.81. The number of carbonyl (C=O) groups excluding carboxylic acids is 2. The summed E-state index contributed by atoms with van der Waals surface area (Å²) in [4.78, 5) is 30.3. The second-order valence-corrected chi connectivity index (χ2v) is 6.57. The van der Waals surface area contributed by atoms with E-state index in [0.29, 0.717) is 44.2 Å². The number of piperidine rings is 1. The highest BCUT2D eigenvalue weighted by Gasteiger charge is 2.25. The summed E-state index contributed by atoms with van der Waals surface area (Å²) in [5.74, 6) is 0.943. The van der Waals surface area contributed by atoms with Crippen LogP contribution in [-0.2, 0) is 9.59 Å². The predicted molar refractivity (Wildman–Crippen MR) is 108 cm³/mol. The number of imide groups is 1. The molecule has 1 atom stereocenters. The fraction of sp³-hybridized carbons (Fsp3) is 0.562. The Morgan fingerprint density at radius 1 is 1.33 bits per heavy atom. The number of hydrogen-bond acceptors (Lipinski definition) is 4. The molecule has 1 aliphatic rings. The van der Waals surface area contributed by atoms with Crippen LogP contribution in [0.25, 0.3) is 0 Å². The highest BCUT2D eigenvalue weighted by molar-refractivity contribution is 14.0. The van der Waals surface area contributed by atoms with Crippen LogP contribution in [0.5, 0.6) is 0 Å². The van der Waals surface area contributed by atoms with Gasteiger partial charge in [-0.3, -0.25) is 19.5 Å². The Kier molecular flexibility index (Phi) is 9.27. The molecule has 8 heteroatoms. The lowest BCUT2D eigenvalue weighted by atomic mass is 10.1. The third-order valence-electron chi connectivity index (χ3n) is 3.84. The Bertz CT molecular complexity index is 546. The summed E-state index contributed by atoms with van der Waals surface area (Å²) in [6.45, 7) is 3.84. The number of hydrogen-bond donors (Lipinski definition) is 2. The number of rotatable bonds is 6. The van der Waals surface area contributed by atoms with Crippen molar-refractivity contribution in [2.75, 3.05) is 26.7 Å². The van der Waals surface area contributed by atoms with Gasteiger partial charge < -0.3 is 10.6 Å². The number of carbonyl (C=O) groups is 2. The van der Waals surface area contributed by atoms with Gasteiger partial charge in [0.05, 0.1) is 0 Å². The van der Waals surface area contributed by atoms with E-state index in [1.807, 2.05) is 0 Å². The standard InChI is InChI=1S/C16H24N4O2S.HI/c1-12(13-5-4-10-23-13)11-19-16(17-2)18-8-9-20-14(21)6-3-7-15(20)22;/h4-5,10,12H,3,6-9,11H2,1-2H3,(H2,17,18,19);1H. The zero-order valence-corrected chi connectivity index (χ0v) is 17.2. The maximum absolute atomic E-state index is 11.7. The molecular weight excluding hydrogens is 439 g/mol. The Balaban J connectivity index is 0.00000288. The van der Waals surface area contributed by atoms with E-state index in [1.165, 1.54) is 9.78 Å². The van der Waals surface area contributed by atoms with E-state index in [4.69, 9.17) is 0 Å². The van der Waals surface area contributed by atoms with Gasteiger partial charge in [-0.25, -0.2) is 0 Å². The normalized spacial score (nSPS) is 16.6. The van der Waals surface area contributed by atoms with Crippen molar-refractivity contribution in [3.05, 3.63) is 22.4 Å². The molecule has 2 heterocycles. The fourth-order valence-electron chi connectivity index (χ4n) is 2.48. The highest BCUT2D eigenvalue weighted by Crippen LogP contribution is 2.19. The van der Waals surface area contributed by atoms with Gasteiger partial charge in [0.2, 0.25) is 11.8 Å². The highest BCUT2D eigenvalue weighted by atomic mass is 127. The molecule has 2 amide bonds. The molecule has 6 nitrogen and oxygen atoms in total. The number of likely N-dealkylation sites (tertiary alicyclic amines) is 1. The Hall–Kier alpha value is -1.16. The third-order valence-corrected chi connectivity index (χ3v) is 4.94. The van der Waals surface area contributed by atoms with Gasteiger partial charge >= 0.3 is 0 Å². The zero-order valence-electron chi connectivity index (χ0n) is 14.1. The lowest BCUT2D eigenvalue weighted by Gasteiger charge is -2.25. The predicted octanol–water partition coefficient (Wildman–Crippen LogP) is 2.17. The quantitative estimate of drug-likeness (QED) is 0.293. The van der Waals surface area contributed by atoms with Gasteiger partial charge in [0.25, 0.3) is 0 Å². The summed E-state index contributed by atoms with van der Waals surface area (Å²) in [7, 11) is 1.71. The van der Waals surface area contributed by atoms with E-state index in [1.54, 1.807) is 18.4 Å². The van der Waals surface area contributed by atoms with Crippen molar-refractivity contribution in [1.82, 2.24) is 15.5 Å². The molecule has 0 spiro atoms. The number of thiophene rings is 1. The molecule has 1 aromatic rings. The summed E-state index contributed by atoms with van der Waals surface area (Å²) in [6.07, 6.45) is 1.61. The largest absolute Gasteiger partial charge is 0.356 e. The Morgan fingerprint density at radius 2 is 2.04 bits per heavy atom. The molecule has 1 saturated heterocycles. The number of nitrogens with zero attached hydrogens (tertiary/aromatic N) is 2. The van der Waals surface area contributed by atoms with Gasteiger partial charge in [0.1, 0.15) is 0 Å². The van der Waals surface area contributed by atoms with Crippen molar-refractivity contribution in [2.45, 2.75) is 32.1 Å². The summed E-state index contributed by atoms with van der Waals surface area (Å²) in [5, 5.41) is 8.50. The number of guanidine groups is 1. The first-order valence-electron chi connectivity index (χ1n) is 7.93.